The Morgan fingerprint density at radius 3 is 2.81 bits per heavy atom. The van der Waals surface area contributed by atoms with Crippen LogP contribution in [0.3, 0.4) is 0 Å². The minimum atomic E-state index is -0.519. The smallest absolute Gasteiger partial charge is 0.248 e. The molecule has 108 valence electrons. The summed E-state index contributed by atoms with van der Waals surface area (Å²) in [5, 5.41) is 8.00. The molecule has 0 radical (unpaired) electrons. The molecule has 1 atom stereocenters. The van der Waals surface area contributed by atoms with Crippen LogP contribution in [-0.4, -0.2) is 24.9 Å². The van der Waals surface area contributed by atoms with Crippen molar-refractivity contribution >= 4 is 31.9 Å². The third-order valence-electron chi connectivity index (χ3n) is 2.81. The maximum Gasteiger partial charge on any atom is 0.248 e. The van der Waals surface area contributed by atoms with E-state index in [-0.39, 0.29) is 0 Å². The molecule has 0 bridgehead atoms. The number of nitrogens with two attached hydrogens (primary N) is 1. The van der Waals surface area contributed by atoms with E-state index in [0.29, 0.717) is 17.4 Å². The molecule has 3 aromatic rings. The normalized spacial score (nSPS) is 12.6. The van der Waals surface area contributed by atoms with Crippen molar-refractivity contribution in [2.75, 3.05) is 0 Å². The summed E-state index contributed by atoms with van der Waals surface area (Å²) in [7, 11) is 1.82. The molecule has 9 heteroatoms. The quantitative estimate of drug-likeness (QED) is 0.708. The minimum absolute atomic E-state index is 0.314. The summed E-state index contributed by atoms with van der Waals surface area (Å²) in [6.45, 7) is 0. The topological polar surface area (TPSA) is 95.7 Å². The molecule has 0 fully saturated rings. The van der Waals surface area contributed by atoms with Crippen molar-refractivity contribution in [2.24, 2.45) is 12.8 Å². The summed E-state index contributed by atoms with van der Waals surface area (Å²) >= 11 is 6.76. The molecule has 3 aromatic heterocycles. The van der Waals surface area contributed by atoms with Crippen LogP contribution in [0.1, 0.15) is 17.5 Å². The van der Waals surface area contributed by atoms with Crippen molar-refractivity contribution in [3.8, 4) is 11.5 Å². The minimum Gasteiger partial charge on any atom is -0.337 e. The Labute approximate surface area is 136 Å². The van der Waals surface area contributed by atoms with E-state index in [1.165, 1.54) is 0 Å². The highest BCUT2D eigenvalue weighted by molar-refractivity contribution is 9.11. The molecule has 0 spiro atoms. The molecule has 0 saturated carbocycles. The lowest BCUT2D eigenvalue weighted by Gasteiger charge is -2.01. The Bertz CT molecular complexity index is 784. The van der Waals surface area contributed by atoms with Gasteiger partial charge in [-0.25, -0.2) is 0 Å². The Morgan fingerprint density at radius 2 is 2.14 bits per heavy atom. The van der Waals surface area contributed by atoms with Crippen LogP contribution in [0.5, 0.6) is 0 Å². The molecular formula is C12H10Br2N6O. The van der Waals surface area contributed by atoms with Crippen molar-refractivity contribution in [3.05, 3.63) is 45.1 Å². The van der Waals surface area contributed by atoms with E-state index in [9.17, 15) is 0 Å². The number of aromatic nitrogens is 5. The zero-order valence-electron chi connectivity index (χ0n) is 10.9. The van der Waals surface area contributed by atoms with E-state index in [1.807, 2.05) is 19.3 Å². The summed E-state index contributed by atoms with van der Waals surface area (Å²) < 4.78 is 8.52. The second kappa shape index (κ2) is 5.66. The predicted octanol–water partition coefficient (Wildman–Crippen LogP) is 2.44. The first kappa shape index (κ1) is 14.4. The van der Waals surface area contributed by atoms with Gasteiger partial charge in [0.25, 0.3) is 0 Å². The molecule has 1 unspecified atom stereocenters. The van der Waals surface area contributed by atoms with Gasteiger partial charge in [-0.05, 0) is 37.9 Å². The zero-order valence-corrected chi connectivity index (χ0v) is 14.0. The Kier molecular flexibility index (Phi) is 3.87. The monoisotopic (exact) mass is 412 g/mol. The molecule has 0 saturated heterocycles. The fraction of sp³-hybridized carbons (Fsp3) is 0.167. The number of aryl methyl sites for hydroxylation is 1. The van der Waals surface area contributed by atoms with Crippen LogP contribution in [0.2, 0.25) is 0 Å². The zero-order chi connectivity index (χ0) is 15.0. The molecule has 0 aliphatic carbocycles. The van der Waals surface area contributed by atoms with Crippen LogP contribution in [0, 0.1) is 0 Å². The van der Waals surface area contributed by atoms with E-state index in [1.54, 1.807) is 17.1 Å². The SMILES string of the molecule is Cn1cc(C(N)c2nc(-c3ncc(Br)cc3Br)no2)cn1. The van der Waals surface area contributed by atoms with E-state index in [2.05, 4.69) is 52.1 Å². The fourth-order valence-electron chi connectivity index (χ4n) is 1.78. The summed E-state index contributed by atoms with van der Waals surface area (Å²) in [6.07, 6.45) is 5.14. The van der Waals surface area contributed by atoms with E-state index in [4.69, 9.17) is 10.3 Å². The number of rotatable bonds is 3. The molecular weight excluding hydrogens is 404 g/mol. The molecule has 0 amide bonds. The van der Waals surface area contributed by atoms with Gasteiger partial charge in [0.15, 0.2) is 0 Å². The number of hydrogen-bond donors (Lipinski definition) is 1. The maximum atomic E-state index is 6.09. The Balaban J connectivity index is 1.92. The van der Waals surface area contributed by atoms with Crippen LogP contribution in [0.25, 0.3) is 11.5 Å². The molecule has 3 rings (SSSR count). The highest BCUT2D eigenvalue weighted by Gasteiger charge is 2.20. The lowest BCUT2D eigenvalue weighted by molar-refractivity contribution is 0.367. The van der Waals surface area contributed by atoms with Crippen molar-refractivity contribution in [1.82, 2.24) is 24.9 Å². The van der Waals surface area contributed by atoms with Crippen LogP contribution in [0.4, 0.5) is 0 Å². The van der Waals surface area contributed by atoms with E-state index in [0.717, 1.165) is 14.5 Å². The average molecular weight is 414 g/mol. The first-order valence-corrected chi connectivity index (χ1v) is 7.52. The summed E-state index contributed by atoms with van der Waals surface area (Å²) in [5.41, 5.74) is 7.48. The van der Waals surface area contributed by atoms with Gasteiger partial charge in [-0.1, -0.05) is 5.16 Å². The van der Waals surface area contributed by atoms with Gasteiger partial charge in [0.1, 0.15) is 11.7 Å². The summed E-state index contributed by atoms with van der Waals surface area (Å²) in [5.74, 6) is 0.693. The molecule has 2 N–H and O–H groups in total. The molecule has 0 aromatic carbocycles. The predicted molar refractivity (Wildman–Crippen MR) is 82.2 cm³/mol. The molecule has 21 heavy (non-hydrogen) atoms. The molecule has 0 aliphatic heterocycles. The van der Waals surface area contributed by atoms with Crippen molar-refractivity contribution < 1.29 is 4.52 Å². The standard InChI is InChI=1S/C12H10Br2N6O/c1-20-5-6(3-17-20)9(15)12-18-11(19-21-12)10-8(14)2-7(13)4-16-10/h2-5,9H,15H2,1H3. The van der Waals surface area contributed by atoms with Crippen molar-refractivity contribution in [3.63, 3.8) is 0 Å². The van der Waals surface area contributed by atoms with Crippen molar-refractivity contribution in [1.29, 1.82) is 0 Å². The Morgan fingerprint density at radius 1 is 1.33 bits per heavy atom. The highest BCUT2D eigenvalue weighted by atomic mass is 79.9. The lowest BCUT2D eigenvalue weighted by Crippen LogP contribution is -2.11. The number of nitrogens with zero attached hydrogens (tertiary/aromatic N) is 5. The van der Waals surface area contributed by atoms with E-state index >= 15 is 0 Å². The fourth-order valence-corrected chi connectivity index (χ4v) is 2.94. The average Bonchev–Trinajstić information content (AvgIpc) is 3.07. The number of pyridine rings is 1. The second-order valence-electron chi connectivity index (χ2n) is 4.37. The molecule has 7 nitrogen and oxygen atoms in total. The lowest BCUT2D eigenvalue weighted by atomic mass is 10.2. The van der Waals surface area contributed by atoms with Crippen molar-refractivity contribution in [2.45, 2.75) is 6.04 Å². The van der Waals surface area contributed by atoms with Gasteiger partial charge < -0.3 is 10.3 Å². The van der Waals surface area contributed by atoms with Gasteiger partial charge >= 0.3 is 0 Å². The van der Waals surface area contributed by atoms with Crippen LogP contribution in [0.15, 0.2) is 38.1 Å². The van der Waals surface area contributed by atoms with Crippen LogP contribution < -0.4 is 5.73 Å². The number of halogens is 2. The third kappa shape index (κ3) is 2.89. The van der Waals surface area contributed by atoms with Gasteiger partial charge in [-0.15, -0.1) is 0 Å². The first-order valence-electron chi connectivity index (χ1n) is 5.93. The summed E-state index contributed by atoms with van der Waals surface area (Å²) in [4.78, 5) is 8.57. The van der Waals surface area contributed by atoms with Gasteiger partial charge in [0.2, 0.25) is 11.7 Å². The maximum absolute atomic E-state index is 6.09. The highest BCUT2D eigenvalue weighted by Crippen LogP contribution is 2.27. The van der Waals surface area contributed by atoms with Gasteiger partial charge in [0.05, 0.1) is 6.20 Å². The second-order valence-corrected chi connectivity index (χ2v) is 6.14. The van der Waals surface area contributed by atoms with E-state index < -0.39 is 6.04 Å². The van der Waals surface area contributed by atoms with Gasteiger partial charge in [0, 0.05) is 34.0 Å². The summed E-state index contributed by atoms with van der Waals surface area (Å²) in [6, 6.07) is 1.34. The van der Waals surface area contributed by atoms with Gasteiger partial charge in [-0.3, -0.25) is 9.67 Å². The molecule has 3 heterocycles. The van der Waals surface area contributed by atoms with Gasteiger partial charge in [-0.2, -0.15) is 10.1 Å². The Hall–Kier alpha value is -1.58. The third-order valence-corrected chi connectivity index (χ3v) is 3.85. The molecule has 0 aliphatic rings. The first-order chi connectivity index (χ1) is 10.0. The van der Waals surface area contributed by atoms with Crippen LogP contribution >= 0.6 is 31.9 Å². The van der Waals surface area contributed by atoms with Crippen LogP contribution in [-0.2, 0) is 7.05 Å². The number of hydrogen-bond acceptors (Lipinski definition) is 6. The largest absolute Gasteiger partial charge is 0.337 e.